The highest BCUT2D eigenvalue weighted by molar-refractivity contribution is 8.00. The van der Waals surface area contributed by atoms with Crippen LogP contribution in [0.2, 0.25) is 0 Å². The van der Waals surface area contributed by atoms with E-state index in [9.17, 15) is 13.2 Å². The van der Waals surface area contributed by atoms with Gasteiger partial charge in [0, 0.05) is 188 Å². The Kier molecular flexibility index (Phi) is 27.9. The molecule has 26 nitrogen and oxygen atoms in total. The molecule has 0 unspecified atom stereocenters. The molecule has 1 aliphatic rings. The lowest BCUT2D eigenvalue weighted by Gasteiger charge is -2.19. The summed E-state index contributed by atoms with van der Waals surface area (Å²) < 4.78 is 45.1. The van der Waals surface area contributed by atoms with Gasteiger partial charge in [0.2, 0.25) is 29.7 Å². The first-order valence-corrected chi connectivity index (χ1v) is 40.3. The summed E-state index contributed by atoms with van der Waals surface area (Å²) in [5.41, 5.74) is 38.1. The van der Waals surface area contributed by atoms with Crippen LogP contribution >= 0.6 is 47.0 Å². The Balaban J connectivity index is 0.000000129. The van der Waals surface area contributed by atoms with Crippen molar-refractivity contribution in [3.63, 3.8) is 0 Å². The van der Waals surface area contributed by atoms with Gasteiger partial charge >= 0.3 is 0 Å². The average Bonchev–Trinajstić information content (AvgIpc) is 1.65. The van der Waals surface area contributed by atoms with E-state index in [1.54, 1.807) is 128 Å². The highest BCUT2D eigenvalue weighted by Gasteiger charge is 2.21. The van der Waals surface area contributed by atoms with E-state index in [-0.39, 0.29) is 46.7 Å². The molecule has 1 aliphatic carbocycles. The van der Waals surface area contributed by atoms with Gasteiger partial charge in [-0.1, -0.05) is 74.7 Å². The minimum absolute atomic E-state index is 0.162. The lowest BCUT2D eigenvalue weighted by Crippen LogP contribution is -2.16. The first-order chi connectivity index (χ1) is 57.7. The second-order valence-electron chi connectivity index (χ2n) is 26.9. The van der Waals surface area contributed by atoms with Crippen LogP contribution in [0.25, 0.3) is 16.6 Å². The summed E-state index contributed by atoms with van der Waals surface area (Å²) in [4.78, 5) is 67.9. The number of nitrogens with two attached hydrogens (primary N) is 5. The van der Waals surface area contributed by atoms with Crippen molar-refractivity contribution in [1.82, 2.24) is 79.3 Å². The molecular formula is C86H79F3N26S4. The van der Waals surface area contributed by atoms with Crippen molar-refractivity contribution in [2.24, 2.45) is 0 Å². The molecule has 0 saturated heterocycles. The van der Waals surface area contributed by atoms with Gasteiger partial charge in [-0.05, 0) is 202 Å². The van der Waals surface area contributed by atoms with Gasteiger partial charge < -0.3 is 59.8 Å². The standard InChI is InChI=1S/C20H18N6.C19H20FN5S.C17H16FN5S.C15H12FN5S.C15H13N5S/c21-20-24-17-3-1-2-16(17)19(25-20)23-14-4-5-18-13(12-14)8-11-26(18)15-6-9-22-10-7-15;1-19(2,3)16-11-17(25-18(21)24-16)23-12-4-5-15(14(20)10-12)26-13-6-8-22-9-7-13;1-2-11-10-16(23-17(19)22-11)21-12-3-4-15(14(18)9-12)24-13-5-7-20-8-6-13;16-12-9-10(20-14-5-8-19-15(17)21-14)1-2-13(12)22-11-3-6-18-7-4-11;16-15-18-10-7-14(20-15)19-11-1-3-12(4-2-11)21-13-5-8-17-9-6-13/h4-12H,1-3H2,(H3,21,23,24,25);4-11H,1-3H3,(H3,21,23,24,25);3-10H,2H2,1H3,(H3,19,21,22,23);1-9H,(H3,17,19,20,21);1-10H,(H3,16,18,19,20). The number of hydrogen-bond acceptors (Lipinski definition) is 29. The molecule has 0 atom stereocenters. The largest absolute Gasteiger partial charge is 0.368 e. The molecule has 0 saturated carbocycles. The van der Waals surface area contributed by atoms with Crippen LogP contribution in [0.3, 0.4) is 0 Å². The van der Waals surface area contributed by atoms with Crippen LogP contribution in [0.15, 0.2) is 308 Å². The van der Waals surface area contributed by atoms with E-state index in [0.29, 0.717) is 61.0 Å². The number of aromatic nitrogens is 16. The Bertz CT molecular complexity index is 6060. The predicted molar refractivity (Wildman–Crippen MR) is 469 cm³/mol. The van der Waals surface area contributed by atoms with Crippen molar-refractivity contribution in [2.75, 3.05) is 55.3 Å². The van der Waals surface area contributed by atoms with Crippen molar-refractivity contribution in [2.45, 2.75) is 98.0 Å². The summed E-state index contributed by atoms with van der Waals surface area (Å²) in [6.45, 7) is 8.12. The average molecular weight is 1660 g/mol. The Morgan fingerprint density at radius 1 is 0.370 bits per heavy atom. The van der Waals surface area contributed by atoms with E-state index in [2.05, 4.69) is 149 Å². The summed E-state index contributed by atoms with van der Waals surface area (Å²) >= 11 is 5.73. The summed E-state index contributed by atoms with van der Waals surface area (Å²) in [6.07, 6.45) is 26.3. The van der Waals surface area contributed by atoms with Crippen LogP contribution < -0.4 is 55.3 Å². The van der Waals surface area contributed by atoms with Gasteiger partial charge in [-0.15, -0.1) is 0 Å². The van der Waals surface area contributed by atoms with E-state index in [4.69, 9.17) is 28.7 Å². The molecule has 0 bridgehead atoms. The van der Waals surface area contributed by atoms with Gasteiger partial charge in [-0.25, -0.2) is 38.1 Å². The minimum Gasteiger partial charge on any atom is -0.368 e. The van der Waals surface area contributed by atoms with Gasteiger partial charge in [-0.2, -0.15) is 24.9 Å². The summed E-state index contributed by atoms with van der Waals surface area (Å²) in [7, 11) is 0. The number of rotatable bonds is 20. The maximum atomic E-state index is 14.5. The van der Waals surface area contributed by atoms with E-state index < -0.39 is 0 Å². The first-order valence-electron chi connectivity index (χ1n) is 37.0. The van der Waals surface area contributed by atoms with Crippen LogP contribution in [0.5, 0.6) is 0 Å². The number of nitrogens with zero attached hydrogens (tertiary/aromatic N) is 16. The van der Waals surface area contributed by atoms with Crippen LogP contribution in [0, 0.1) is 17.5 Å². The fourth-order valence-corrected chi connectivity index (χ4v) is 14.7. The van der Waals surface area contributed by atoms with Crippen molar-refractivity contribution < 1.29 is 13.2 Å². The summed E-state index contributed by atoms with van der Waals surface area (Å²) in [5.74, 6) is 3.31. The molecule has 119 heavy (non-hydrogen) atoms. The second-order valence-corrected chi connectivity index (χ2v) is 31.4. The van der Waals surface area contributed by atoms with Crippen LogP contribution in [-0.4, -0.2) is 79.3 Å². The minimum atomic E-state index is -0.311. The number of benzene rings is 5. The Labute approximate surface area is 700 Å². The van der Waals surface area contributed by atoms with Gasteiger partial charge in [0.25, 0.3) is 0 Å². The van der Waals surface area contributed by atoms with Crippen LogP contribution in [0.4, 0.5) is 100 Å². The zero-order chi connectivity index (χ0) is 83.0. The zero-order valence-corrected chi connectivity index (χ0v) is 67.8. The molecule has 5 aromatic carbocycles. The van der Waals surface area contributed by atoms with Crippen molar-refractivity contribution in [3.05, 3.63) is 309 Å². The van der Waals surface area contributed by atoms with Gasteiger partial charge in [0.1, 0.15) is 46.5 Å². The quantitative estimate of drug-likeness (QED) is 0.0339. The predicted octanol–water partition coefficient (Wildman–Crippen LogP) is 19.3. The third-order valence-corrected chi connectivity index (χ3v) is 21.3. The highest BCUT2D eigenvalue weighted by atomic mass is 32.2. The molecule has 33 heteroatoms. The molecule has 598 valence electrons. The molecule has 15 N–H and O–H groups in total. The zero-order valence-electron chi connectivity index (χ0n) is 64.5. The number of halogens is 3. The molecule has 0 amide bonds. The highest BCUT2D eigenvalue weighted by Crippen LogP contribution is 2.37. The molecule has 11 heterocycles. The van der Waals surface area contributed by atoms with E-state index in [1.807, 2.05) is 113 Å². The van der Waals surface area contributed by atoms with Gasteiger partial charge in [0.05, 0.1) is 16.9 Å². The second kappa shape index (κ2) is 40.0. The molecule has 0 aliphatic heterocycles. The molecule has 0 radical (unpaired) electrons. The third kappa shape index (κ3) is 24.3. The molecule has 17 rings (SSSR count). The maximum Gasteiger partial charge on any atom is 0.222 e. The number of nitrogen functional groups attached to an aromatic ring is 5. The topological polar surface area (TPSA) is 389 Å². The molecule has 16 aromatic rings. The summed E-state index contributed by atoms with van der Waals surface area (Å²) in [5, 5.41) is 16.9. The maximum absolute atomic E-state index is 14.5. The van der Waals surface area contributed by atoms with Gasteiger partial charge in [0.15, 0.2) is 0 Å². The molecule has 0 fully saturated rings. The smallest absolute Gasteiger partial charge is 0.222 e. The van der Waals surface area contributed by atoms with E-state index in [0.717, 1.165) is 101 Å². The molecule has 0 spiro atoms. The normalized spacial score (nSPS) is 11.2. The SMILES string of the molecule is CC(C)(C)c1cc(Nc2ccc(Sc3ccncc3)c(F)c2)nc(N)n1.CCc1cc(Nc2ccc(Sc3ccncc3)c(F)c2)nc(N)n1.Nc1nc2c(c(Nc3ccc4c(ccn4-c4ccncc4)c3)n1)CCC2.Nc1nccc(Nc2ccc(Sc3ccncc3)c(F)c2)n1.Nc1nccc(Nc2ccc(Sc3ccncc3)cc2)n1. The number of pyridine rings is 5. The number of fused-ring (bicyclic) bond motifs is 2. The molecule has 11 aromatic heterocycles. The Morgan fingerprint density at radius 3 is 1.26 bits per heavy atom. The number of anilines is 15. The number of aryl methyl sites for hydroxylation is 2. The van der Waals surface area contributed by atoms with Gasteiger partial charge in [-0.3, -0.25) is 24.9 Å². The van der Waals surface area contributed by atoms with Crippen molar-refractivity contribution in [3.8, 4) is 5.69 Å². The lowest BCUT2D eigenvalue weighted by molar-refractivity contribution is 0.568. The van der Waals surface area contributed by atoms with Crippen LogP contribution in [-0.2, 0) is 24.7 Å². The number of hydrogen-bond donors (Lipinski definition) is 10. The van der Waals surface area contributed by atoms with Crippen LogP contribution in [0.1, 0.15) is 56.8 Å². The van der Waals surface area contributed by atoms with E-state index >= 15 is 0 Å². The first kappa shape index (κ1) is 82.9. The fraction of sp³-hybridized carbons (Fsp3) is 0.105. The third-order valence-electron chi connectivity index (χ3n) is 17.1. The van der Waals surface area contributed by atoms with Crippen molar-refractivity contribution >= 4 is 145 Å². The Morgan fingerprint density at radius 2 is 0.782 bits per heavy atom. The lowest BCUT2D eigenvalue weighted by atomic mass is 9.92. The van der Waals surface area contributed by atoms with E-state index in [1.165, 1.54) is 65.2 Å². The monoisotopic (exact) mass is 1660 g/mol. The number of nitrogens with one attached hydrogen (secondary N) is 5. The fourth-order valence-electron chi connectivity index (χ4n) is 11.5. The Hall–Kier alpha value is -14.0. The summed E-state index contributed by atoms with van der Waals surface area (Å²) in [6, 6.07) is 57.5. The molecular weight excluding hydrogens is 1580 g/mol. The van der Waals surface area contributed by atoms with Crippen molar-refractivity contribution in [1.29, 1.82) is 0 Å².